The van der Waals surface area contributed by atoms with Crippen molar-refractivity contribution in [2.45, 2.75) is 0 Å². The maximum absolute atomic E-state index is 12.2. The topological polar surface area (TPSA) is 92.9 Å². The molecule has 0 radical (unpaired) electrons. The van der Waals surface area contributed by atoms with Crippen molar-refractivity contribution in [2.24, 2.45) is 0 Å². The van der Waals surface area contributed by atoms with Crippen LogP contribution in [0.25, 0.3) is 0 Å². The zero-order valence-corrected chi connectivity index (χ0v) is 11.7. The summed E-state index contributed by atoms with van der Waals surface area (Å²) in [5.74, 6) is -0.368. The zero-order chi connectivity index (χ0) is 15.1. The van der Waals surface area contributed by atoms with Crippen LogP contribution < -0.4 is 0 Å². The molecule has 0 saturated carbocycles. The second-order valence-corrected chi connectivity index (χ2v) is 4.34. The number of halogens is 1. The first-order valence-electron chi connectivity index (χ1n) is 5.84. The van der Waals surface area contributed by atoms with Crippen LogP contribution in [0.4, 0.5) is 5.69 Å². The van der Waals surface area contributed by atoms with Crippen LogP contribution in [0.15, 0.2) is 18.2 Å². The van der Waals surface area contributed by atoms with Gasteiger partial charge in [0.05, 0.1) is 18.1 Å². The van der Waals surface area contributed by atoms with E-state index in [1.807, 2.05) is 0 Å². The van der Waals surface area contributed by atoms with E-state index >= 15 is 0 Å². The Balaban J connectivity index is 2.94. The predicted octanol–water partition coefficient (Wildman–Crippen LogP) is 1.33. The molecule has 0 bridgehead atoms. The van der Waals surface area contributed by atoms with Gasteiger partial charge in [0.25, 0.3) is 11.6 Å². The molecule has 0 unspecified atom stereocenters. The van der Waals surface area contributed by atoms with Crippen molar-refractivity contribution in [2.75, 3.05) is 33.4 Å². The second kappa shape index (κ2) is 7.78. The van der Waals surface area contributed by atoms with E-state index in [1.165, 1.54) is 30.2 Å². The molecule has 0 aromatic heterocycles. The van der Waals surface area contributed by atoms with Gasteiger partial charge in [0.15, 0.2) is 0 Å². The number of carbonyl (C=O) groups excluding carboxylic acids is 1. The van der Waals surface area contributed by atoms with E-state index in [2.05, 4.69) is 0 Å². The van der Waals surface area contributed by atoms with E-state index < -0.39 is 4.92 Å². The maximum atomic E-state index is 12.2. The van der Waals surface area contributed by atoms with Crippen LogP contribution in [-0.2, 0) is 4.74 Å². The van der Waals surface area contributed by atoms with Gasteiger partial charge in [0.2, 0.25) is 0 Å². The highest BCUT2D eigenvalue weighted by molar-refractivity contribution is 6.33. The second-order valence-electron chi connectivity index (χ2n) is 3.93. The summed E-state index contributed by atoms with van der Waals surface area (Å²) in [5.41, 5.74) is -0.0287. The lowest BCUT2D eigenvalue weighted by molar-refractivity contribution is -0.384. The molecule has 1 aromatic carbocycles. The molecule has 1 aromatic rings. The fourth-order valence-electron chi connectivity index (χ4n) is 1.61. The Hall–Kier alpha value is -1.70. The molecular weight excluding hydrogens is 288 g/mol. The summed E-state index contributed by atoms with van der Waals surface area (Å²) in [6.45, 7) is 0.601. The van der Waals surface area contributed by atoms with Crippen LogP contribution in [-0.4, -0.2) is 54.3 Å². The summed E-state index contributed by atoms with van der Waals surface area (Å²) in [6, 6.07) is 3.77. The smallest absolute Gasteiger partial charge is 0.287 e. The third-order valence-electron chi connectivity index (χ3n) is 2.61. The van der Waals surface area contributed by atoms with Gasteiger partial charge in [0.1, 0.15) is 5.02 Å². The Morgan fingerprint density at radius 3 is 2.70 bits per heavy atom. The predicted molar refractivity (Wildman–Crippen MR) is 73.0 cm³/mol. The molecule has 1 amide bonds. The van der Waals surface area contributed by atoms with E-state index in [4.69, 9.17) is 21.4 Å². The molecule has 0 heterocycles. The minimum Gasteiger partial charge on any atom is -0.395 e. The number of nitro benzene ring substituents is 1. The number of nitrogens with zero attached hydrogens (tertiary/aromatic N) is 2. The number of nitro groups is 1. The van der Waals surface area contributed by atoms with Crippen molar-refractivity contribution in [3.63, 3.8) is 0 Å². The van der Waals surface area contributed by atoms with E-state index in [0.29, 0.717) is 13.2 Å². The van der Waals surface area contributed by atoms with Gasteiger partial charge in [-0.1, -0.05) is 11.6 Å². The quantitative estimate of drug-likeness (QED) is 0.606. The van der Waals surface area contributed by atoms with Gasteiger partial charge in [-0.15, -0.1) is 0 Å². The van der Waals surface area contributed by atoms with E-state index in [1.54, 1.807) is 0 Å². The third-order valence-corrected chi connectivity index (χ3v) is 2.92. The fraction of sp³-hybridized carbons (Fsp3) is 0.417. The molecule has 0 aliphatic carbocycles. The number of methoxy groups -OCH3 is 1. The van der Waals surface area contributed by atoms with E-state index in [9.17, 15) is 14.9 Å². The molecule has 0 atom stereocenters. The number of hydrogen-bond donors (Lipinski definition) is 1. The Morgan fingerprint density at radius 2 is 2.20 bits per heavy atom. The minimum absolute atomic E-state index is 0.100. The number of aliphatic hydroxyl groups excluding tert-OH is 1. The van der Waals surface area contributed by atoms with Gasteiger partial charge in [-0.25, -0.2) is 0 Å². The number of amides is 1. The molecule has 0 aliphatic heterocycles. The molecule has 7 nitrogen and oxygen atoms in total. The highest BCUT2D eigenvalue weighted by Crippen LogP contribution is 2.25. The number of hydrogen-bond acceptors (Lipinski definition) is 5. The Bertz CT molecular complexity index is 495. The van der Waals surface area contributed by atoms with Crippen molar-refractivity contribution in [3.8, 4) is 0 Å². The first-order valence-corrected chi connectivity index (χ1v) is 6.22. The first-order chi connectivity index (χ1) is 9.51. The zero-order valence-electron chi connectivity index (χ0n) is 10.9. The lowest BCUT2D eigenvalue weighted by Crippen LogP contribution is -2.36. The van der Waals surface area contributed by atoms with Crippen LogP contribution in [0.2, 0.25) is 5.02 Å². The Labute approximate surface area is 120 Å². The molecule has 0 fully saturated rings. The molecule has 0 aliphatic rings. The summed E-state index contributed by atoms with van der Waals surface area (Å²) in [7, 11) is 1.50. The van der Waals surface area contributed by atoms with Gasteiger partial charge in [-0.2, -0.15) is 0 Å². The van der Waals surface area contributed by atoms with Crippen LogP contribution >= 0.6 is 11.6 Å². The lowest BCUT2D eigenvalue weighted by Gasteiger charge is -2.21. The number of benzene rings is 1. The molecule has 0 saturated heterocycles. The van der Waals surface area contributed by atoms with Crippen molar-refractivity contribution in [1.29, 1.82) is 0 Å². The molecule has 8 heteroatoms. The normalized spacial score (nSPS) is 10.3. The summed E-state index contributed by atoms with van der Waals surface area (Å²) in [4.78, 5) is 23.6. The fourth-order valence-corrected chi connectivity index (χ4v) is 1.86. The summed E-state index contributed by atoms with van der Waals surface area (Å²) in [5, 5.41) is 19.5. The summed E-state index contributed by atoms with van der Waals surface area (Å²) in [6.07, 6.45) is 0. The van der Waals surface area contributed by atoms with Crippen molar-refractivity contribution in [3.05, 3.63) is 38.9 Å². The minimum atomic E-state index is -0.618. The van der Waals surface area contributed by atoms with Crippen LogP contribution in [0, 0.1) is 10.1 Å². The maximum Gasteiger partial charge on any atom is 0.287 e. The highest BCUT2D eigenvalue weighted by atomic mass is 35.5. The van der Waals surface area contributed by atoms with Gasteiger partial charge in [-0.3, -0.25) is 14.9 Å². The standard InChI is InChI=1S/C12H15ClN2O5/c1-20-7-5-14(4-6-16)12(17)9-2-3-11(15(18)19)10(13)8-9/h2-3,8,16H,4-7H2,1H3. The number of rotatable bonds is 7. The van der Waals surface area contributed by atoms with Crippen LogP contribution in [0.3, 0.4) is 0 Å². The van der Waals surface area contributed by atoms with E-state index in [0.717, 1.165) is 0 Å². The summed E-state index contributed by atoms with van der Waals surface area (Å²) < 4.78 is 4.89. The third kappa shape index (κ3) is 4.16. The van der Waals surface area contributed by atoms with Crippen molar-refractivity contribution < 1.29 is 19.6 Å². The average molecular weight is 303 g/mol. The highest BCUT2D eigenvalue weighted by Gasteiger charge is 2.19. The van der Waals surface area contributed by atoms with E-state index in [-0.39, 0.29) is 35.3 Å². The molecule has 20 heavy (non-hydrogen) atoms. The number of ether oxygens (including phenoxy) is 1. The SMILES string of the molecule is COCCN(CCO)C(=O)c1ccc([N+](=O)[O-])c(Cl)c1. The van der Waals surface area contributed by atoms with Gasteiger partial charge >= 0.3 is 0 Å². The molecule has 1 N–H and O–H groups in total. The molecular formula is C12H15ClN2O5. The van der Waals surface area contributed by atoms with Gasteiger partial charge in [0, 0.05) is 31.8 Å². The number of carbonyl (C=O) groups is 1. The molecule has 1 rings (SSSR count). The lowest BCUT2D eigenvalue weighted by atomic mass is 10.2. The van der Waals surface area contributed by atoms with Crippen molar-refractivity contribution in [1.82, 2.24) is 4.90 Å². The van der Waals surface area contributed by atoms with Crippen LogP contribution in [0.1, 0.15) is 10.4 Å². The van der Waals surface area contributed by atoms with Crippen molar-refractivity contribution >= 4 is 23.2 Å². The van der Waals surface area contributed by atoms with Gasteiger partial charge < -0.3 is 14.7 Å². The molecule has 0 spiro atoms. The largest absolute Gasteiger partial charge is 0.395 e. The van der Waals surface area contributed by atoms with Gasteiger partial charge in [-0.05, 0) is 12.1 Å². The summed E-state index contributed by atoms with van der Waals surface area (Å²) >= 11 is 5.77. The van der Waals surface area contributed by atoms with Crippen LogP contribution in [0.5, 0.6) is 0 Å². The average Bonchev–Trinajstić information content (AvgIpc) is 2.42. The Morgan fingerprint density at radius 1 is 1.50 bits per heavy atom. The Kier molecular flexibility index (Phi) is 6.37. The number of aliphatic hydroxyl groups is 1. The molecule has 110 valence electrons. The first kappa shape index (κ1) is 16.4. The monoisotopic (exact) mass is 302 g/mol.